The van der Waals surface area contributed by atoms with Crippen LogP contribution in [0.1, 0.15) is 5.56 Å². The molecule has 0 amide bonds. The fourth-order valence-corrected chi connectivity index (χ4v) is 6.02. The third-order valence-electron chi connectivity index (χ3n) is 8.15. The van der Waals surface area contributed by atoms with Gasteiger partial charge in [0.15, 0.2) is 17.5 Å². The number of rotatable bonds is 5. The Balaban J connectivity index is 1.28. The monoisotopic (exact) mass is 564 g/mol. The highest BCUT2D eigenvalue weighted by atomic mass is 15.0. The zero-order valence-corrected chi connectivity index (χ0v) is 24.0. The summed E-state index contributed by atoms with van der Waals surface area (Å²) in [7, 11) is 0. The molecule has 0 bridgehead atoms. The average molecular weight is 565 g/mol. The molecule has 0 radical (unpaired) electrons. The van der Waals surface area contributed by atoms with Crippen molar-refractivity contribution in [1.29, 1.82) is 0 Å². The number of anilines is 1. The smallest absolute Gasteiger partial charge is 0.164 e. The van der Waals surface area contributed by atoms with E-state index in [2.05, 4.69) is 96.3 Å². The van der Waals surface area contributed by atoms with Gasteiger partial charge in [-0.2, -0.15) is 0 Å². The van der Waals surface area contributed by atoms with Crippen LogP contribution in [-0.2, 0) is 0 Å². The molecule has 0 atom stereocenters. The minimum atomic E-state index is 0.655. The van der Waals surface area contributed by atoms with Gasteiger partial charge in [0.2, 0.25) is 0 Å². The minimum Gasteiger partial charge on any atom is -0.381 e. The Labute approximate surface area is 256 Å². The van der Waals surface area contributed by atoms with E-state index in [-0.39, 0.29) is 0 Å². The van der Waals surface area contributed by atoms with Gasteiger partial charge in [-0.3, -0.25) is 0 Å². The number of hydrogen-bond donors (Lipinski definition) is 1. The van der Waals surface area contributed by atoms with E-state index >= 15 is 0 Å². The highest BCUT2D eigenvalue weighted by molar-refractivity contribution is 6.05. The number of nitrogens with one attached hydrogen (secondary N) is 1. The van der Waals surface area contributed by atoms with Crippen LogP contribution >= 0.6 is 0 Å². The highest BCUT2D eigenvalue weighted by Crippen LogP contribution is 2.38. The third kappa shape index (κ3) is 4.73. The molecule has 208 valence electrons. The van der Waals surface area contributed by atoms with Crippen molar-refractivity contribution in [2.45, 2.75) is 0 Å². The van der Waals surface area contributed by atoms with E-state index in [9.17, 15) is 0 Å². The summed E-state index contributed by atoms with van der Waals surface area (Å²) in [6, 6.07) is 48.4. The fraction of sp³-hybridized carbons (Fsp3) is 0.0250. The number of fused-ring (bicyclic) bond motifs is 2. The van der Waals surface area contributed by atoms with Crippen molar-refractivity contribution in [2.75, 3.05) is 11.9 Å². The standard InChI is InChI=1S/C40H28N4/c1-3-11-30(12-4-1)38-42-39(31-13-5-2-6-14-31)44-40(43-38)35-19-8-16-29-15-7-18-33(37(29)35)28-24-22-27(23-25-28)32-17-9-21-36-34(32)20-10-26-41-36/h1-25,41H,26H2. The Bertz CT molecular complexity index is 2090. The Morgan fingerprint density at radius 2 is 0.977 bits per heavy atom. The molecule has 7 aromatic rings. The summed E-state index contributed by atoms with van der Waals surface area (Å²) in [5, 5.41) is 5.74. The molecule has 1 aliphatic rings. The zero-order valence-electron chi connectivity index (χ0n) is 24.0. The van der Waals surface area contributed by atoms with Crippen LogP contribution < -0.4 is 5.32 Å². The van der Waals surface area contributed by atoms with Crippen molar-refractivity contribution in [3.8, 4) is 56.4 Å². The van der Waals surface area contributed by atoms with Gasteiger partial charge in [0, 0.05) is 39.9 Å². The first-order valence-corrected chi connectivity index (χ1v) is 14.9. The van der Waals surface area contributed by atoms with Crippen molar-refractivity contribution in [2.24, 2.45) is 0 Å². The molecule has 2 heterocycles. The second kappa shape index (κ2) is 11.1. The van der Waals surface area contributed by atoms with Crippen molar-refractivity contribution in [3.63, 3.8) is 0 Å². The van der Waals surface area contributed by atoms with Crippen LogP contribution in [0.5, 0.6) is 0 Å². The van der Waals surface area contributed by atoms with Crippen LogP contribution in [0.4, 0.5) is 5.69 Å². The first-order valence-electron chi connectivity index (χ1n) is 14.9. The van der Waals surface area contributed by atoms with E-state index in [1.165, 1.54) is 22.4 Å². The summed E-state index contributed by atoms with van der Waals surface area (Å²) >= 11 is 0. The van der Waals surface area contributed by atoms with E-state index in [4.69, 9.17) is 15.0 Å². The second-order valence-electron chi connectivity index (χ2n) is 10.9. The molecule has 1 aliphatic heterocycles. The lowest BCUT2D eigenvalue weighted by atomic mass is 9.92. The largest absolute Gasteiger partial charge is 0.381 e. The maximum atomic E-state index is 5.04. The summed E-state index contributed by atoms with van der Waals surface area (Å²) in [4.78, 5) is 15.0. The topological polar surface area (TPSA) is 50.7 Å². The highest BCUT2D eigenvalue weighted by Gasteiger charge is 2.17. The van der Waals surface area contributed by atoms with Crippen molar-refractivity contribution >= 4 is 22.5 Å². The van der Waals surface area contributed by atoms with Crippen LogP contribution in [0, 0.1) is 0 Å². The molecule has 44 heavy (non-hydrogen) atoms. The quantitative estimate of drug-likeness (QED) is 0.226. The van der Waals surface area contributed by atoms with Crippen LogP contribution in [-0.4, -0.2) is 21.5 Å². The predicted molar refractivity (Wildman–Crippen MR) is 182 cm³/mol. The van der Waals surface area contributed by atoms with Gasteiger partial charge in [0.05, 0.1) is 0 Å². The lowest BCUT2D eigenvalue weighted by Gasteiger charge is -2.17. The summed E-state index contributed by atoms with van der Waals surface area (Å²) < 4.78 is 0. The Kier molecular flexibility index (Phi) is 6.50. The molecule has 0 unspecified atom stereocenters. The summed E-state index contributed by atoms with van der Waals surface area (Å²) in [6.45, 7) is 0.861. The Morgan fingerprint density at radius 1 is 0.432 bits per heavy atom. The maximum Gasteiger partial charge on any atom is 0.164 e. The van der Waals surface area contributed by atoms with Gasteiger partial charge < -0.3 is 5.32 Å². The van der Waals surface area contributed by atoms with Gasteiger partial charge in [-0.05, 0) is 33.7 Å². The van der Waals surface area contributed by atoms with E-state index < -0.39 is 0 Å². The van der Waals surface area contributed by atoms with Gasteiger partial charge in [-0.1, -0.05) is 146 Å². The normalized spacial score (nSPS) is 12.1. The predicted octanol–water partition coefficient (Wildman–Crippen LogP) is 9.80. The van der Waals surface area contributed by atoms with Gasteiger partial charge in [0.1, 0.15) is 0 Å². The maximum absolute atomic E-state index is 5.04. The van der Waals surface area contributed by atoms with Gasteiger partial charge in [-0.25, -0.2) is 15.0 Å². The van der Waals surface area contributed by atoms with Crippen LogP contribution in [0.2, 0.25) is 0 Å². The van der Waals surface area contributed by atoms with Gasteiger partial charge in [0.25, 0.3) is 0 Å². The number of benzene rings is 6. The molecule has 6 aromatic carbocycles. The lowest BCUT2D eigenvalue weighted by molar-refractivity contribution is 1.08. The van der Waals surface area contributed by atoms with Crippen molar-refractivity contribution in [3.05, 3.63) is 151 Å². The lowest BCUT2D eigenvalue weighted by Crippen LogP contribution is -2.04. The molecule has 0 aliphatic carbocycles. The summed E-state index contributed by atoms with van der Waals surface area (Å²) in [5.74, 6) is 1.97. The molecular weight excluding hydrogens is 536 g/mol. The van der Waals surface area contributed by atoms with Gasteiger partial charge >= 0.3 is 0 Å². The fourth-order valence-electron chi connectivity index (χ4n) is 6.02. The van der Waals surface area contributed by atoms with Crippen molar-refractivity contribution < 1.29 is 0 Å². The number of aromatic nitrogens is 3. The molecule has 4 nitrogen and oxygen atoms in total. The van der Waals surface area contributed by atoms with E-state index in [0.29, 0.717) is 17.5 Å². The van der Waals surface area contributed by atoms with Crippen LogP contribution in [0.15, 0.2) is 146 Å². The molecule has 8 rings (SSSR count). The molecule has 1 aromatic heterocycles. The summed E-state index contributed by atoms with van der Waals surface area (Å²) in [6.07, 6.45) is 4.39. The van der Waals surface area contributed by atoms with E-state index in [0.717, 1.165) is 45.1 Å². The molecular formula is C40H28N4. The third-order valence-corrected chi connectivity index (χ3v) is 8.15. The number of hydrogen-bond acceptors (Lipinski definition) is 4. The molecule has 0 saturated carbocycles. The van der Waals surface area contributed by atoms with Crippen LogP contribution in [0.3, 0.4) is 0 Å². The zero-order chi connectivity index (χ0) is 29.3. The Hall–Kier alpha value is -5.87. The first kappa shape index (κ1) is 25.8. The molecule has 0 saturated heterocycles. The van der Waals surface area contributed by atoms with E-state index in [1.54, 1.807) is 0 Å². The average Bonchev–Trinajstić information content (AvgIpc) is 3.11. The minimum absolute atomic E-state index is 0.655. The van der Waals surface area contributed by atoms with E-state index in [1.807, 2.05) is 60.7 Å². The van der Waals surface area contributed by atoms with Crippen molar-refractivity contribution in [1.82, 2.24) is 15.0 Å². The second-order valence-corrected chi connectivity index (χ2v) is 10.9. The molecule has 4 heteroatoms. The first-order chi connectivity index (χ1) is 21.8. The SMILES string of the molecule is C1=Cc2c(cccc2-c2ccc(-c3cccc4cccc(-c5nc(-c6ccccc6)nc(-c6ccccc6)n5)c34)cc2)NC1. The van der Waals surface area contributed by atoms with Gasteiger partial charge in [-0.15, -0.1) is 0 Å². The molecule has 0 fully saturated rings. The number of nitrogens with zero attached hydrogens (tertiary/aromatic N) is 3. The molecule has 0 spiro atoms. The Morgan fingerprint density at radius 3 is 1.64 bits per heavy atom. The van der Waals surface area contributed by atoms with Crippen LogP contribution in [0.25, 0.3) is 73.3 Å². The summed E-state index contributed by atoms with van der Waals surface area (Å²) in [5.41, 5.74) is 10.0. The molecule has 1 N–H and O–H groups in total.